The van der Waals surface area contributed by atoms with Crippen molar-refractivity contribution in [2.24, 2.45) is 5.92 Å². The maximum Gasteiger partial charge on any atom is 0.0982 e. The summed E-state index contributed by atoms with van der Waals surface area (Å²) in [6.07, 6.45) is 10.3. The minimum atomic E-state index is 0. The SMILES string of the molecule is CC(OCCCC1CCNCC1)c1cnccn1.Cl. The van der Waals surface area contributed by atoms with E-state index in [0.29, 0.717) is 0 Å². The maximum atomic E-state index is 5.80. The molecule has 4 nitrogen and oxygen atoms in total. The summed E-state index contributed by atoms with van der Waals surface area (Å²) in [5.41, 5.74) is 0.916. The van der Waals surface area contributed by atoms with Crippen LogP contribution in [0.5, 0.6) is 0 Å². The van der Waals surface area contributed by atoms with E-state index in [0.717, 1.165) is 24.6 Å². The Balaban J connectivity index is 0.00000180. The van der Waals surface area contributed by atoms with E-state index in [1.807, 2.05) is 6.92 Å². The molecule has 1 saturated heterocycles. The van der Waals surface area contributed by atoms with E-state index in [9.17, 15) is 0 Å². The molecule has 0 bridgehead atoms. The molecule has 0 spiro atoms. The second-order valence-corrected chi connectivity index (χ2v) is 4.98. The number of ether oxygens (including phenoxy) is 1. The van der Waals surface area contributed by atoms with Crippen molar-refractivity contribution in [1.82, 2.24) is 15.3 Å². The molecule has 0 radical (unpaired) electrons. The van der Waals surface area contributed by atoms with Crippen LogP contribution in [-0.4, -0.2) is 29.7 Å². The van der Waals surface area contributed by atoms with E-state index in [1.165, 1.54) is 32.4 Å². The van der Waals surface area contributed by atoms with Gasteiger partial charge in [0.15, 0.2) is 0 Å². The quantitative estimate of drug-likeness (QED) is 0.817. The van der Waals surface area contributed by atoms with Crippen LogP contribution in [0.15, 0.2) is 18.6 Å². The van der Waals surface area contributed by atoms with Crippen LogP contribution in [0, 0.1) is 5.92 Å². The molecule has 1 aromatic heterocycles. The molecule has 5 heteroatoms. The lowest BCUT2D eigenvalue weighted by Crippen LogP contribution is -2.27. The summed E-state index contributed by atoms with van der Waals surface area (Å²) in [7, 11) is 0. The summed E-state index contributed by atoms with van der Waals surface area (Å²) in [5, 5.41) is 3.40. The summed E-state index contributed by atoms with van der Waals surface area (Å²) in [4.78, 5) is 8.31. The molecule has 1 aliphatic rings. The molecule has 2 heterocycles. The minimum Gasteiger partial charge on any atom is -0.372 e. The third kappa shape index (κ3) is 5.85. The summed E-state index contributed by atoms with van der Waals surface area (Å²) in [6.45, 7) is 5.22. The molecule has 1 aliphatic heterocycles. The number of rotatable bonds is 6. The first-order chi connectivity index (χ1) is 8.86. The molecular weight excluding hydrogens is 262 g/mol. The Morgan fingerprint density at radius 1 is 1.37 bits per heavy atom. The molecule has 1 fully saturated rings. The van der Waals surface area contributed by atoms with Gasteiger partial charge < -0.3 is 10.1 Å². The lowest BCUT2D eigenvalue weighted by atomic mass is 9.93. The number of halogens is 1. The van der Waals surface area contributed by atoms with Gasteiger partial charge in [-0.25, -0.2) is 0 Å². The molecule has 108 valence electrons. The highest BCUT2D eigenvalue weighted by atomic mass is 35.5. The van der Waals surface area contributed by atoms with Crippen molar-refractivity contribution in [2.45, 2.75) is 38.7 Å². The van der Waals surface area contributed by atoms with Crippen molar-refractivity contribution < 1.29 is 4.74 Å². The molecule has 19 heavy (non-hydrogen) atoms. The Kier molecular flexibility index (Phi) is 7.94. The second kappa shape index (κ2) is 9.23. The molecule has 1 aromatic rings. The van der Waals surface area contributed by atoms with E-state index >= 15 is 0 Å². The van der Waals surface area contributed by atoms with Gasteiger partial charge >= 0.3 is 0 Å². The topological polar surface area (TPSA) is 47.0 Å². The van der Waals surface area contributed by atoms with Gasteiger partial charge in [-0.3, -0.25) is 9.97 Å². The van der Waals surface area contributed by atoms with Crippen LogP contribution in [0.25, 0.3) is 0 Å². The highest BCUT2D eigenvalue weighted by molar-refractivity contribution is 5.85. The first-order valence-electron chi connectivity index (χ1n) is 6.94. The Labute approximate surface area is 121 Å². The van der Waals surface area contributed by atoms with E-state index in [4.69, 9.17) is 4.74 Å². The lowest BCUT2D eigenvalue weighted by Gasteiger charge is -2.22. The van der Waals surface area contributed by atoms with Gasteiger partial charge in [-0.2, -0.15) is 0 Å². The molecule has 0 amide bonds. The molecule has 2 rings (SSSR count). The highest BCUT2D eigenvalue weighted by Gasteiger charge is 2.13. The van der Waals surface area contributed by atoms with Crippen LogP contribution in [0.1, 0.15) is 44.4 Å². The van der Waals surface area contributed by atoms with Crippen molar-refractivity contribution in [3.05, 3.63) is 24.3 Å². The fourth-order valence-corrected chi connectivity index (χ4v) is 2.41. The first kappa shape index (κ1) is 16.3. The number of nitrogens with zero attached hydrogens (tertiary/aromatic N) is 2. The van der Waals surface area contributed by atoms with Gasteiger partial charge in [-0.1, -0.05) is 0 Å². The fourth-order valence-electron chi connectivity index (χ4n) is 2.41. The first-order valence-corrected chi connectivity index (χ1v) is 6.94. The van der Waals surface area contributed by atoms with Crippen LogP contribution in [0.2, 0.25) is 0 Å². The number of nitrogens with one attached hydrogen (secondary N) is 1. The molecular formula is C14H24ClN3O. The monoisotopic (exact) mass is 285 g/mol. The molecule has 0 saturated carbocycles. The highest BCUT2D eigenvalue weighted by Crippen LogP contribution is 2.19. The van der Waals surface area contributed by atoms with Gasteiger partial charge in [-0.15, -0.1) is 12.4 Å². The van der Waals surface area contributed by atoms with Crippen LogP contribution in [0.3, 0.4) is 0 Å². The zero-order valence-electron chi connectivity index (χ0n) is 11.5. The van der Waals surface area contributed by atoms with Crippen molar-refractivity contribution in [3.8, 4) is 0 Å². The van der Waals surface area contributed by atoms with Crippen molar-refractivity contribution in [1.29, 1.82) is 0 Å². The third-order valence-electron chi connectivity index (χ3n) is 3.58. The van der Waals surface area contributed by atoms with Gasteiger partial charge in [0, 0.05) is 19.0 Å². The molecule has 1 atom stereocenters. The zero-order valence-corrected chi connectivity index (χ0v) is 12.4. The van der Waals surface area contributed by atoms with Gasteiger partial charge in [-0.05, 0) is 51.6 Å². The largest absolute Gasteiger partial charge is 0.372 e. The number of aromatic nitrogens is 2. The summed E-state index contributed by atoms with van der Waals surface area (Å²) < 4.78 is 5.80. The van der Waals surface area contributed by atoms with E-state index in [2.05, 4.69) is 15.3 Å². The van der Waals surface area contributed by atoms with E-state index in [-0.39, 0.29) is 18.5 Å². The Bertz CT molecular complexity index is 331. The third-order valence-corrected chi connectivity index (χ3v) is 3.58. The van der Waals surface area contributed by atoms with Crippen LogP contribution in [0.4, 0.5) is 0 Å². The predicted molar refractivity (Wildman–Crippen MR) is 78.5 cm³/mol. The van der Waals surface area contributed by atoms with Crippen molar-refractivity contribution in [3.63, 3.8) is 0 Å². The normalized spacial score (nSPS) is 17.7. The molecule has 1 N–H and O–H groups in total. The smallest absolute Gasteiger partial charge is 0.0982 e. The van der Waals surface area contributed by atoms with Crippen LogP contribution < -0.4 is 5.32 Å². The summed E-state index contributed by atoms with van der Waals surface area (Å²) in [6, 6.07) is 0. The standard InChI is InChI=1S/C14H23N3O.ClH/c1-12(14-11-16-8-9-17-14)18-10-2-3-13-4-6-15-7-5-13;/h8-9,11-13,15H,2-7,10H2,1H3;1H. The van der Waals surface area contributed by atoms with Gasteiger partial charge in [0.25, 0.3) is 0 Å². The van der Waals surface area contributed by atoms with Gasteiger partial charge in [0.1, 0.15) is 0 Å². The van der Waals surface area contributed by atoms with E-state index < -0.39 is 0 Å². The molecule has 1 unspecified atom stereocenters. The molecule has 0 aromatic carbocycles. The fraction of sp³-hybridized carbons (Fsp3) is 0.714. The van der Waals surface area contributed by atoms with Crippen molar-refractivity contribution >= 4 is 12.4 Å². The Hall–Kier alpha value is -0.710. The van der Waals surface area contributed by atoms with Gasteiger partial charge in [0.05, 0.1) is 18.0 Å². The average Bonchev–Trinajstić information content (AvgIpc) is 2.45. The Morgan fingerprint density at radius 3 is 2.84 bits per heavy atom. The summed E-state index contributed by atoms with van der Waals surface area (Å²) >= 11 is 0. The predicted octanol–water partition coefficient (Wildman–Crippen LogP) is 2.76. The lowest BCUT2D eigenvalue weighted by molar-refractivity contribution is 0.0570. The zero-order chi connectivity index (χ0) is 12.6. The van der Waals surface area contributed by atoms with Crippen molar-refractivity contribution in [2.75, 3.05) is 19.7 Å². The number of hydrogen-bond donors (Lipinski definition) is 1. The average molecular weight is 286 g/mol. The molecule has 0 aliphatic carbocycles. The minimum absolute atomic E-state index is 0. The maximum absolute atomic E-state index is 5.80. The van der Waals surface area contributed by atoms with E-state index in [1.54, 1.807) is 18.6 Å². The van der Waals surface area contributed by atoms with Crippen LogP contribution in [-0.2, 0) is 4.74 Å². The van der Waals surface area contributed by atoms with Crippen LogP contribution >= 0.6 is 12.4 Å². The number of hydrogen-bond acceptors (Lipinski definition) is 4. The van der Waals surface area contributed by atoms with Gasteiger partial charge in [0.2, 0.25) is 0 Å². The number of piperidine rings is 1. The second-order valence-electron chi connectivity index (χ2n) is 4.98. The summed E-state index contributed by atoms with van der Waals surface area (Å²) in [5.74, 6) is 0.890. The Morgan fingerprint density at radius 2 is 2.16 bits per heavy atom.